The molecular weight excluding hydrogens is 291 g/mol. The van der Waals surface area contributed by atoms with Crippen LogP contribution in [0.25, 0.3) is 0 Å². The lowest BCUT2D eigenvalue weighted by atomic mass is 10.1. The van der Waals surface area contributed by atoms with Gasteiger partial charge in [-0.05, 0) is 23.8 Å². The number of carbonyl (C=O) groups excluding carboxylic acids is 1. The zero-order chi connectivity index (χ0) is 12.7. The van der Waals surface area contributed by atoms with Gasteiger partial charge in [0.05, 0.1) is 13.2 Å². The predicted octanol–water partition coefficient (Wildman–Crippen LogP) is 2.36. The highest BCUT2D eigenvalue weighted by atomic mass is 79.9. The van der Waals surface area contributed by atoms with Gasteiger partial charge in [-0.15, -0.1) is 0 Å². The van der Waals surface area contributed by atoms with Gasteiger partial charge in [-0.2, -0.15) is 0 Å². The Morgan fingerprint density at radius 1 is 1.41 bits per heavy atom. The Hall–Kier alpha value is -0.780. The maximum absolute atomic E-state index is 13.0. The number of ether oxygens (including phenoxy) is 2. The molecule has 0 bridgehead atoms. The van der Waals surface area contributed by atoms with Crippen LogP contribution in [0.3, 0.4) is 0 Å². The van der Waals surface area contributed by atoms with Gasteiger partial charge in [-0.1, -0.05) is 15.9 Å². The predicted molar refractivity (Wildman–Crippen MR) is 65.5 cm³/mol. The maximum Gasteiger partial charge on any atom is 0.162 e. The van der Waals surface area contributed by atoms with Crippen molar-refractivity contribution in [2.75, 3.05) is 26.9 Å². The van der Waals surface area contributed by atoms with E-state index in [0.717, 1.165) is 4.47 Å². The molecule has 0 atom stereocenters. The van der Waals surface area contributed by atoms with E-state index in [1.165, 1.54) is 12.1 Å². The van der Waals surface area contributed by atoms with Gasteiger partial charge in [0.2, 0.25) is 0 Å². The standard InChI is InChI=1S/C12H14BrFO3/c1-16-4-5-17-8-11(15)7-9-6-10(14)2-3-12(9)13/h2-3,6H,4-5,7-8H2,1H3. The number of hydrogen-bond donors (Lipinski definition) is 0. The summed E-state index contributed by atoms with van der Waals surface area (Å²) < 4.78 is 23.6. The second-order valence-electron chi connectivity index (χ2n) is 3.50. The minimum atomic E-state index is -0.351. The average Bonchev–Trinajstić information content (AvgIpc) is 2.29. The van der Waals surface area contributed by atoms with Gasteiger partial charge in [-0.25, -0.2) is 4.39 Å². The van der Waals surface area contributed by atoms with Crippen LogP contribution < -0.4 is 0 Å². The average molecular weight is 305 g/mol. The highest BCUT2D eigenvalue weighted by Gasteiger charge is 2.08. The van der Waals surface area contributed by atoms with E-state index in [4.69, 9.17) is 9.47 Å². The molecule has 0 saturated heterocycles. The van der Waals surface area contributed by atoms with Gasteiger partial charge in [0.15, 0.2) is 5.78 Å². The third kappa shape index (κ3) is 5.39. The Morgan fingerprint density at radius 2 is 2.18 bits per heavy atom. The van der Waals surface area contributed by atoms with Crippen LogP contribution in [0.1, 0.15) is 5.56 Å². The summed E-state index contributed by atoms with van der Waals surface area (Å²) in [6.45, 7) is 0.857. The van der Waals surface area contributed by atoms with Crippen LogP contribution in [-0.2, 0) is 20.7 Å². The van der Waals surface area contributed by atoms with Gasteiger partial charge >= 0.3 is 0 Å². The third-order valence-electron chi connectivity index (χ3n) is 2.09. The summed E-state index contributed by atoms with van der Waals surface area (Å²) >= 11 is 3.27. The summed E-state index contributed by atoms with van der Waals surface area (Å²) in [7, 11) is 1.56. The van der Waals surface area contributed by atoms with Crippen LogP contribution in [0.15, 0.2) is 22.7 Å². The molecule has 0 aliphatic heterocycles. The quantitative estimate of drug-likeness (QED) is 0.726. The van der Waals surface area contributed by atoms with Crippen LogP contribution >= 0.6 is 15.9 Å². The van der Waals surface area contributed by atoms with E-state index in [1.807, 2.05) is 0 Å². The summed E-state index contributed by atoms with van der Waals surface area (Å²) in [6.07, 6.45) is 0.158. The molecule has 94 valence electrons. The Bertz CT molecular complexity index is 382. The Labute approximate surface area is 108 Å². The molecule has 0 saturated carbocycles. The molecule has 0 amide bonds. The molecule has 0 unspecified atom stereocenters. The number of methoxy groups -OCH3 is 1. The third-order valence-corrected chi connectivity index (χ3v) is 2.86. The Balaban J connectivity index is 2.42. The first kappa shape index (κ1) is 14.3. The normalized spacial score (nSPS) is 10.5. The van der Waals surface area contributed by atoms with Crippen LogP contribution in [0, 0.1) is 5.82 Å². The van der Waals surface area contributed by atoms with E-state index in [-0.39, 0.29) is 24.6 Å². The lowest BCUT2D eigenvalue weighted by molar-refractivity contribution is -0.123. The molecule has 0 radical (unpaired) electrons. The van der Waals surface area contributed by atoms with E-state index in [9.17, 15) is 9.18 Å². The summed E-state index contributed by atoms with van der Waals surface area (Å²) in [5, 5.41) is 0. The van der Waals surface area contributed by atoms with E-state index >= 15 is 0 Å². The van der Waals surface area contributed by atoms with Crippen molar-refractivity contribution in [1.29, 1.82) is 0 Å². The summed E-state index contributed by atoms with van der Waals surface area (Å²) in [6, 6.07) is 4.27. The SMILES string of the molecule is COCCOCC(=O)Cc1cc(F)ccc1Br. The Morgan fingerprint density at radius 3 is 2.88 bits per heavy atom. The minimum absolute atomic E-state index is 0.0202. The van der Waals surface area contributed by atoms with Crippen molar-refractivity contribution in [1.82, 2.24) is 0 Å². The number of halogens is 2. The number of benzene rings is 1. The molecule has 0 fully saturated rings. The molecular formula is C12H14BrFO3. The lowest BCUT2D eigenvalue weighted by Crippen LogP contribution is -2.14. The second kappa shape index (κ2) is 7.53. The van der Waals surface area contributed by atoms with Crippen molar-refractivity contribution < 1.29 is 18.7 Å². The second-order valence-corrected chi connectivity index (χ2v) is 4.35. The smallest absolute Gasteiger partial charge is 0.162 e. The number of ketones is 1. The minimum Gasteiger partial charge on any atom is -0.382 e. The molecule has 1 aromatic rings. The Kier molecular flexibility index (Phi) is 6.32. The van der Waals surface area contributed by atoms with Crippen molar-refractivity contribution in [3.63, 3.8) is 0 Å². The number of Topliss-reactive ketones (excluding diaryl/α,β-unsaturated/α-hetero) is 1. The van der Waals surface area contributed by atoms with Crippen molar-refractivity contribution >= 4 is 21.7 Å². The van der Waals surface area contributed by atoms with E-state index < -0.39 is 0 Å². The van der Waals surface area contributed by atoms with Crippen molar-refractivity contribution in [2.24, 2.45) is 0 Å². The van der Waals surface area contributed by atoms with E-state index in [2.05, 4.69) is 15.9 Å². The van der Waals surface area contributed by atoms with Crippen molar-refractivity contribution in [2.45, 2.75) is 6.42 Å². The molecule has 0 spiro atoms. The monoisotopic (exact) mass is 304 g/mol. The number of rotatable bonds is 7. The van der Waals surface area contributed by atoms with Crippen LogP contribution in [0.2, 0.25) is 0 Å². The molecule has 0 aromatic heterocycles. The van der Waals surface area contributed by atoms with Gasteiger partial charge in [0.25, 0.3) is 0 Å². The van der Waals surface area contributed by atoms with Crippen LogP contribution in [0.4, 0.5) is 4.39 Å². The first-order chi connectivity index (χ1) is 8.13. The molecule has 17 heavy (non-hydrogen) atoms. The largest absolute Gasteiger partial charge is 0.382 e. The maximum atomic E-state index is 13.0. The lowest BCUT2D eigenvalue weighted by Gasteiger charge is -2.05. The molecule has 0 heterocycles. The fraction of sp³-hybridized carbons (Fsp3) is 0.417. The number of carbonyl (C=O) groups is 1. The molecule has 0 N–H and O–H groups in total. The first-order valence-corrected chi connectivity index (χ1v) is 5.95. The molecule has 1 aromatic carbocycles. The summed E-state index contributed by atoms with van der Waals surface area (Å²) in [5.74, 6) is -0.441. The molecule has 3 nitrogen and oxygen atoms in total. The molecule has 0 aliphatic carbocycles. The number of hydrogen-bond acceptors (Lipinski definition) is 3. The van der Waals surface area contributed by atoms with Crippen LogP contribution in [0.5, 0.6) is 0 Å². The fourth-order valence-electron chi connectivity index (χ4n) is 1.27. The molecule has 0 aliphatic rings. The molecule has 1 rings (SSSR count). The summed E-state index contributed by atoms with van der Waals surface area (Å²) in [5.41, 5.74) is 0.630. The van der Waals surface area contributed by atoms with Crippen molar-refractivity contribution in [3.8, 4) is 0 Å². The summed E-state index contributed by atoms with van der Waals surface area (Å²) in [4.78, 5) is 11.5. The first-order valence-electron chi connectivity index (χ1n) is 5.16. The van der Waals surface area contributed by atoms with E-state index in [1.54, 1.807) is 13.2 Å². The fourth-order valence-corrected chi connectivity index (χ4v) is 1.66. The molecule has 5 heteroatoms. The topological polar surface area (TPSA) is 35.5 Å². The van der Waals surface area contributed by atoms with Crippen LogP contribution in [-0.4, -0.2) is 32.7 Å². The zero-order valence-electron chi connectivity index (χ0n) is 9.54. The van der Waals surface area contributed by atoms with E-state index in [0.29, 0.717) is 18.8 Å². The van der Waals surface area contributed by atoms with Gasteiger partial charge < -0.3 is 9.47 Å². The van der Waals surface area contributed by atoms with Gasteiger partial charge in [0.1, 0.15) is 12.4 Å². The highest BCUT2D eigenvalue weighted by molar-refractivity contribution is 9.10. The van der Waals surface area contributed by atoms with Crippen molar-refractivity contribution in [3.05, 3.63) is 34.1 Å². The van der Waals surface area contributed by atoms with Gasteiger partial charge in [0, 0.05) is 18.0 Å². The highest BCUT2D eigenvalue weighted by Crippen LogP contribution is 2.18. The zero-order valence-corrected chi connectivity index (χ0v) is 11.1. The van der Waals surface area contributed by atoms with Gasteiger partial charge in [-0.3, -0.25) is 4.79 Å².